The van der Waals surface area contributed by atoms with Gasteiger partial charge in [0.1, 0.15) is 6.17 Å². The van der Waals surface area contributed by atoms with Crippen molar-refractivity contribution < 1.29 is 9.18 Å². The van der Waals surface area contributed by atoms with Gasteiger partial charge in [-0.05, 0) is 59.8 Å². The summed E-state index contributed by atoms with van der Waals surface area (Å²) in [6, 6.07) is -0.319. The summed E-state index contributed by atoms with van der Waals surface area (Å²) in [6.45, 7) is 4.49. The first-order valence-corrected chi connectivity index (χ1v) is 8.66. The van der Waals surface area contributed by atoms with Crippen molar-refractivity contribution in [3.05, 3.63) is 24.3 Å². The van der Waals surface area contributed by atoms with E-state index in [-0.39, 0.29) is 22.7 Å². The van der Waals surface area contributed by atoms with Gasteiger partial charge in [-0.15, -0.1) is 0 Å². The SMILES string of the molecule is C[C@]12C=CC(=O)CC1C=C[C@@H]1[C@H]2CC[C@]2(C)C(N)C(F)C[C@@H]12. The van der Waals surface area contributed by atoms with Gasteiger partial charge in [-0.1, -0.05) is 32.1 Å². The van der Waals surface area contributed by atoms with Crippen LogP contribution in [0.4, 0.5) is 4.39 Å². The van der Waals surface area contributed by atoms with E-state index in [0.29, 0.717) is 36.5 Å². The molecule has 3 heteroatoms. The lowest BCUT2D eigenvalue weighted by Gasteiger charge is -2.56. The van der Waals surface area contributed by atoms with Crippen molar-refractivity contribution in [2.45, 2.75) is 51.7 Å². The molecule has 0 amide bonds. The van der Waals surface area contributed by atoms with Gasteiger partial charge in [0, 0.05) is 12.5 Å². The fourth-order valence-electron chi connectivity index (χ4n) is 6.04. The Bertz CT molecular complexity index is 570. The van der Waals surface area contributed by atoms with Crippen molar-refractivity contribution in [2.24, 2.45) is 40.2 Å². The summed E-state index contributed by atoms with van der Waals surface area (Å²) in [6.07, 6.45) is 10.9. The number of hydrogen-bond donors (Lipinski definition) is 1. The van der Waals surface area contributed by atoms with E-state index in [0.717, 1.165) is 12.8 Å². The van der Waals surface area contributed by atoms with Crippen LogP contribution in [0.2, 0.25) is 0 Å². The third kappa shape index (κ3) is 1.72. The van der Waals surface area contributed by atoms with Gasteiger partial charge in [-0.3, -0.25) is 4.79 Å². The van der Waals surface area contributed by atoms with E-state index in [4.69, 9.17) is 5.73 Å². The average molecular weight is 303 g/mol. The predicted molar refractivity (Wildman–Crippen MR) is 84.8 cm³/mol. The molecule has 0 radical (unpaired) electrons. The lowest BCUT2D eigenvalue weighted by atomic mass is 9.48. The van der Waals surface area contributed by atoms with Gasteiger partial charge in [0.2, 0.25) is 0 Å². The Kier molecular flexibility index (Phi) is 3.01. The van der Waals surface area contributed by atoms with Crippen LogP contribution in [-0.2, 0) is 4.79 Å². The molecule has 0 spiro atoms. The van der Waals surface area contributed by atoms with Crippen molar-refractivity contribution in [2.75, 3.05) is 0 Å². The fourth-order valence-corrected chi connectivity index (χ4v) is 6.04. The Morgan fingerprint density at radius 2 is 2.05 bits per heavy atom. The van der Waals surface area contributed by atoms with Crippen molar-refractivity contribution in [1.82, 2.24) is 0 Å². The van der Waals surface area contributed by atoms with Crippen LogP contribution in [0.1, 0.15) is 39.5 Å². The number of rotatable bonds is 0. The maximum atomic E-state index is 14.3. The highest BCUT2D eigenvalue weighted by Gasteiger charge is 2.60. The fraction of sp³-hybridized carbons (Fsp3) is 0.737. The van der Waals surface area contributed by atoms with Crippen LogP contribution in [0.15, 0.2) is 24.3 Å². The van der Waals surface area contributed by atoms with E-state index in [2.05, 4.69) is 32.1 Å². The van der Waals surface area contributed by atoms with E-state index in [1.807, 2.05) is 0 Å². The first kappa shape index (κ1) is 14.6. The molecule has 0 aromatic carbocycles. The number of fused-ring (bicyclic) bond motifs is 5. The maximum Gasteiger partial charge on any atom is 0.156 e. The summed E-state index contributed by atoms with van der Waals surface area (Å²) < 4.78 is 14.3. The molecular formula is C19H26FNO. The van der Waals surface area contributed by atoms with Crippen molar-refractivity contribution in [3.8, 4) is 0 Å². The summed E-state index contributed by atoms with van der Waals surface area (Å²) >= 11 is 0. The summed E-state index contributed by atoms with van der Waals surface area (Å²) in [5.74, 6) is 1.81. The molecule has 0 bridgehead atoms. The van der Waals surface area contributed by atoms with Gasteiger partial charge >= 0.3 is 0 Å². The highest BCUT2D eigenvalue weighted by molar-refractivity contribution is 5.91. The second-order valence-corrected chi connectivity index (χ2v) is 8.47. The van der Waals surface area contributed by atoms with Crippen molar-refractivity contribution in [1.29, 1.82) is 0 Å². The Morgan fingerprint density at radius 3 is 2.82 bits per heavy atom. The zero-order valence-electron chi connectivity index (χ0n) is 13.5. The molecule has 2 fully saturated rings. The molecule has 120 valence electrons. The van der Waals surface area contributed by atoms with E-state index in [1.165, 1.54) is 0 Å². The first-order chi connectivity index (χ1) is 10.4. The molecule has 22 heavy (non-hydrogen) atoms. The largest absolute Gasteiger partial charge is 0.325 e. The van der Waals surface area contributed by atoms with Gasteiger partial charge in [-0.25, -0.2) is 4.39 Å². The van der Waals surface area contributed by atoms with Crippen LogP contribution in [0.3, 0.4) is 0 Å². The third-order valence-corrected chi connectivity index (χ3v) is 7.61. The smallest absolute Gasteiger partial charge is 0.156 e. The number of halogens is 1. The number of carbonyl (C=O) groups is 1. The van der Waals surface area contributed by atoms with Gasteiger partial charge in [0.05, 0.1) is 0 Å². The molecule has 0 aliphatic heterocycles. The van der Waals surface area contributed by atoms with Crippen molar-refractivity contribution >= 4 is 5.78 Å². The zero-order chi connectivity index (χ0) is 15.7. The van der Waals surface area contributed by atoms with E-state index < -0.39 is 6.17 Å². The van der Waals surface area contributed by atoms with Crippen LogP contribution in [0, 0.1) is 34.5 Å². The number of hydrogen-bond acceptors (Lipinski definition) is 2. The Hall–Kier alpha value is -0.960. The number of ketones is 1. The minimum Gasteiger partial charge on any atom is -0.325 e. The molecule has 4 aliphatic carbocycles. The maximum absolute atomic E-state index is 14.3. The number of nitrogens with two attached hydrogens (primary N) is 1. The zero-order valence-corrected chi connectivity index (χ0v) is 13.5. The van der Waals surface area contributed by atoms with Crippen molar-refractivity contribution in [3.63, 3.8) is 0 Å². The van der Waals surface area contributed by atoms with Gasteiger partial charge in [-0.2, -0.15) is 0 Å². The number of alkyl halides is 1. The summed E-state index contributed by atoms with van der Waals surface area (Å²) in [7, 11) is 0. The molecule has 0 aromatic rings. The Labute approximate surface area is 132 Å². The molecule has 2 N–H and O–H groups in total. The van der Waals surface area contributed by atoms with Gasteiger partial charge in [0.15, 0.2) is 5.78 Å². The Morgan fingerprint density at radius 1 is 1.27 bits per heavy atom. The first-order valence-electron chi connectivity index (χ1n) is 8.66. The molecule has 4 aliphatic rings. The minimum atomic E-state index is -0.865. The van der Waals surface area contributed by atoms with E-state index >= 15 is 0 Å². The normalized spacial score (nSPS) is 56.5. The average Bonchev–Trinajstić information content (AvgIpc) is 2.72. The topological polar surface area (TPSA) is 43.1 Å². The van der Waals surface area contributed by atoms with Gasteiger partial charge in [0.25, 0.3) is 0 Å². The quantitative estimate of drug-likeness (QED) is 0.697. The second kappa shape index (κ2) is 4.53. The number of allylic oxidation sites excluding steroid dienone is 4. The second-order valence-electron chi connectivity index (χ2n) is 8.47. The molecule has 4 rings (SSSR count). The summed E-state index contributed by atoms with van der Waals surface area (Å²) in [4.78, 5) is 11.8. The molecule has 8 atom stereocenters. The standard InChI is InChI=1S/C19H26FNO/c1-18-7-5-12(22)9-11(18)3-4-13-14(18)6-8-19(2)15(13)10-16(20)17(19)21/h3-5,7,11,13-17H,6,8-10,21H2,1-2H3/t11?,13-,14-,15+,16?,17?,18+,19+/m1/s1. The number of carbonyl (C=O) groups excluding carboxylic acids is 1. The molecule has 2 saturated carbocycles. The van der Waals surface area contributed by atoms with Crippen LogP contribution in [-0.4, -0.2) is 18.0 Å². The van der Waals surface area contributed by atoms with Gasteiger partial charge < -0.3 is 5.73 Å². The molecule has 2 nitrogen and oxygen atoms in total. The summed E-state index contributed by atoms with van der Waals surface area (Å²) in [5, 5.41) is 0. The molecule has 0 aromatic heterocycles. The molecule has 0 heterocycles. The van der Waals surface area contributed by atoms with Crippen LogP contribution >= 0.6 is 0 Å². The Balaban J connectivity index is 1.73. The molecule has 3 unspecified atom stereocenters. The third-order valence-electron chi connectivity index (χ3n) is 7.61. The molecule has 0 saturated heterocycles. The lowest BCUT2D eigenvalue weighted by Crippen LogP contribution is -2.52. The lowest BCUT2D eigenvalue weighted by molar-refractivity contribution is -0.117. The highest BCUT2D eigenvalue weighted by Crippen LogP contribution is 2.63. The highest BCUT2D eigenvalue weighted by atomic mass is 19.1. The van der Waals surface area contributed by atoms with E-state index in [9.17, 15) is 9.18 Å². The summed E-state index contributed by atoms with van der Waals surface area (Å²) in [5.41, 5.74) is 6.20. The monoisotopic (exact) mass is 303 g/mol. The van der Waals surface area contributed by atoms with Crippen LogP contribution in [0.25, 0.3) is 0 Å². The predicted octanol–water partition coefficient (Wildman–Crippen LogP) is 3.43. The van der Waals surface area contributed by atoms with Crippen LogP contribution < -0.4 is 5.73 Å². The molecular weight excluding hydrogens is 277 g/mol. The van der Waals surface area contributed by atoms with Crippen LogP contribution in [0.5, 0.6) is 0 Å². The van der Waals surface area contributed by atoms with E-state index in [1.54, 1.807) is 6.08 Å². The minimum absolute atomic E-state index is 0.0488.